The third kappa shape index (κ3) is 3.27. The molecular formula is C44H35NO. The zero-order valence-electron chi connectivity index (χ0n) is 25.8. The summed E-state index contributed by atoms with van der Waals surface area (Å²) in [7, 11) is 0. The maximum atomic E-state index is 6.26. The highest BCUT2D eigenvalue weighted by molar-refractivity contribution is 6.07. The second-order valence-corrected chi connectivity index (χ2v) is 14.6. The number of benzene rings is 6. The summed E-state index contributed by atoms with van der Waals surface area (Å²) in [5.41, 5.74) is 11.7. The van der Waals surface area contributed by atoms with E-state index in [9.17, 15) is 0 Å². The molecule has 0 N–H and O–H groups in total. The molecule has 1 heterocycles. The maximum absolute atomic E-state index is 6.26. The van der Waals surface area contributed by atoms with E-state index in [1.165, 1.54) is 65.4 Å². The minimum absolute atomic E-state index is 0.177. The lowest BCUT2D eigenvalue weighted by Crippen LogP contribution is -2.55. The summed E-state index contributed by atoms with van der Waals surface area (Å²) >= 11 is 0. The van der Waals surface area contributed by atoms with Crippen molar-refractivity contribution in [3.63, 3.8) is 0 Å². The van der Waals surface area contributed by atoms with Gasteiger partial charge < -0.3 is 9.32 Å². The fourth-order valence-corrected chi connectivity index (χ4v) is 11.0. The number of nitrogens with zero attached hydrogens (tertiary/aromatic N) is 1. The molecule has 12 rings (SSSR count). The zero-order valence-corrected chi connectivity index (χ0v) is 25.8. The van der Waals surface area contributed by atoms with Crippen LogP contribution in [0.5, 0.6) is 0 Å². The van der Waals surface area contributed by atoms with Gasteiger partial charge in [-0.05, 0) is 126 Å². The van der Waals surface area contributed by atoms with Crippen LogP contribution in [0.15, 0.2) is 132 Å². The summed E-state index contributed by atoms with van der Waals surface area (Å²) in [6, 6.07) is 47.5. The molecule has 2 nitrogen and oxygen atoms in total. The first-order valence-corrected chi connectivity index (χ1v) is 17.2. The normalized spacial score (nSPS) is 25.5. The van der Waals surface area contributed by atoms with Crippen LogP contribution in [0.4, 0.5) is 17.1 Å². The summed E-state index contributed by atoms with van der Waals surface area (Å²) in [6.07, 6.45) is 7.10. The van der Waals surface area contributed by atoms with Crippen molar-refractivity contribution < 1.29 is 4.42 Å². The van der Waals surface area contributed by atoms with E-state index in [-0.39, 0.29) is 5.41 Å². The van der Waals surface area contributed by atoms with Crippen molar-refractivity contribution in [1.82, 2.24) is 0 Å². The Morgan fingerprint density at radius 3 is 2.02 bits per heavy atom. The summed E-state index contributed by atoms with van der Waals surface area (Å²) < 4.78 is 6.26. The summed E-state index contributed by atoms with van der Waals surface area (Å²) in [5, 5.41) is 4.81. The van der Waals surface area contributed by atoms with Gasteiger partial charge in [0, 0.05) is 32.9 Å². The molecule has 7 aromatic rings. The van der Waals surface area contributed by atoms with E-state index in [1.807, 2.05) is 6.07 Å². The average Bonchev–Trinajstić information content (AvgIpc) is 3.61. The van der Waals surface area contributed by atoms with E-state index >= 15 is 0 Å². The molecule has 46 heavy (non-hydrogen) atoms. The van der Waals surface area contributed by atoms with Crippen LogP contribution in [-0.4, -0.2) is 0 Å². The van der Waals surface area contributed by atoms with Crippen molar-refractivity contribution >= 4 is 49.8 Å². The fourth-order valence-electron chi connectivity index (χ4n) is 11.0. The van der Waals surface area contributed by atoms with Crippen LogP contribution in [-0.2, 0) is 5.41 Å². The smallest absolute Gasteiger partial charge is 0.135 e. The third-order valence-corrected chi connectivity index (χ3v) is 12.4. The molecule has 2 heteroatoms. The number of hydrogen-bond acceptors (Lipinski definition) is 2. The molecule has 4 saturated carbocycles. The molecular weight excluding hydrogens is 558 g/mol. The first-order valence-electron chi connectivity index (χ1n) is 17.2. The van der Waals surface area contributed by atoms with Crippen molar-refractivity contribution in [2.24, 2.45) is 23.7 Å². The van der Waals surface area contributed by atoms with Crippen molar-refractivity contribution in [3.8, 4) is 11.1 Å². The highest BCUT2D eigenvalue weighted by atomic mass is 16.3. The second kappa shape index (κ2) is 9.13. The zero-order chi connectivity index (χ0) is 30.0. The Bertz CT molecular complexity index is 2330. The molecule has 0 radical (unpaired) electrons. The molecule has 0 amide bonds. The number of anilines is 3. The number of fused-ring (bicyclic) bond motifs is 7. The molecule has 0 saturated heterocycles. The highest BCUT2D eigenvalue weighted by Crippen LogP contribution is 2.69. The van der Waals surface area contributed by atoms with Crippen LogP contribution in [0.2, 0.25) is 0 Å². The van der Waals surface area contributed by atoms with Crippen LogP contribution in [0.25, 0.3) is 43.8 Å². The van der Waals surface area contributed by atoms with E-state index in [4.69, 9.17) is 4.42 Å². The lowest BCUT2D eigenvalue weighted by Gasteiger charge is -2.61. The summed E-state index contributed by atoms with van der Waals surface area (Å²) in [6.45, 7) is 0. The Hall–Kier alpha value is -4.82. The monoisotopic (exact) mass is 593 g/mol. The van der Waals surface area contributed by atoms with Crippen LogP contribution in [0.1, 0.15) is 43.2 Å². The fraction of sp³-hybridized carbons (Fsp3) is 0.227. The number of para-hydroxylation sites is 1. The Balaban J connectivity index is 1.16. The van der Waals surface area contributed by atoms with Gasteiger partial charge in [0.1, 0.15) is 11.2 Å². The molecule has 0 atom stereocenters. The van der Waals surface area contributed by atoms with Gasteiger partial charge in [0.2, 0.25) is 0 Å². The molecule has 1 spiro atoms. The van der Waals surface area contributed by atoms with E-state index in [0.29, 0.717) is 0 Å². The van der Waals surface area contributed by atoms with Crippen molar-refractivity contribution in [2.75, 3.05) is 4.90 Å². The average molecular weight is 594 g/mol. The van der Waals surface area contributed by atoms with Crippen molar-refractivity contribution in [3.05, 3.63) is 139 Å². The van der Waals surface area contributed by atoms with Gasteiger partial charge in [-0.25, -0.2) is 0 Å². The van der Waals surface area contributed by atoms with Crippen LogP contribution < -0.4 is 4.90 Å². The largest absolute Gasteiger partial charge is 0.456 e. The van der Waals surface area contributed by atoms with Gasteiger partial charge in [-0.15, -0.1) is 0 Å². The van der Waals surface area contributed by atoms with Gasteiger partial charge in [-0.3, -0.25) is 0 Å². The predicted octanol–water partition coefficient (Wildman–Crippen LogP) is 11.9. The molecule has 5 aliphatic carbocycles. The Kier molecular flexibility index (Phi) is 5.04. The van der Waals surface area contributed by atoms with E-state index in [0.717, 1.165) is 51.3 Å². The number of hydrogen-bond donors (Lipinski definition) is 0. The van der Waals surface area contributed by atoms with E-state index in [2.05, 4.69) is 126 Å². The molecule has 4 fully saturated rings. The maximum Gasteiger partial charge on any atom is 0.135 e. The Labute approximate surface area is 269 Å². The van der Waals surface area contributed by atoms with Crippen molar-refractivity contribution in [1.29, 1.82) is 0 Å². The molecule has 5 aliphatic rings. The molecule has 4 bridgehead atoms. The molecule has 0 aliphatic heterocycles. The lowest BCUT2D eigenvalue weighted by atomic mass is 9.43. The Morgan fingerprint density at radius 1 is 0.500 bits per heavy atom. The standard InChI is InChI=1S/C44H35NO/c1-2-10-34-29(8-1)9-7-14-41(34)45(33-17-19-43-38(26-33)36-12-4-6-15-42(36)46-43)32-16-18-40-37(25-32)35-11-3-5-13-39(35)44(40)30-21-27-20-28(23-30)24-31(44)22-27/h1-19,25-28,30-31H,20-24H2. The van der Waals surface area contributed by atoms with Crippen LogP contribution in [0.3, 0.4) is 0 Å². The summed E-state index contributed by atoms with van der Waals surface area (Å²) in [4.78, 5) is 2.48. The van der Waals surface area contributed by atoms with Gasteiger partial charge in [0.15, 0.2) is 0 Å². The quantitative estimate of drug-likeness (QED) is 0.203. The first kappa shape index (κ1) is 25.4. The van der Waals surface area contributed by atoms with E-state index in [1.54, 1.807) is 11.1 Å². The molecule has 0 unspecified atom stereocenters. The van der Waals surface area contributed by atoms with Gasteiger partial charge >= 0.3 is 0 Å². The minimum atomic E-state index is 0.177. The predicted molar refractivity (Wildman–Crippen MR) is 189 cm³/mol. The topological polar surface area (TPSA) is 16.4 Å². The molecule has 222 valence electrons. The summed E-state index contributed by atoms with van der Waals surface area (Å²) in [5.74, 6) is 3.42. The SMILES string of the molecule is c1ccc2c(c1)-c1cc(N(c3ccc4oc5ccccc5c4c3)c3cccc4ccccc34)ccc1C21C2CC3CC(C2)CC1C3. The highest BCUT2D eigenvalue weighted by Gasteiger charge is 2.61. The third-order valence-electron chi connectivity index (χ3n) is 12.4. The van der Waals surface area contributed by atoms with Gasteiger partial charge in [0.05, 0.1) is 5.69 Å². The van der Waals surface area contributed by atoms with Crippen molar-refractivity contribution in [2.45, 2.75) is 37.5 Å². The molecule has 1 aromatic heterocycles. The molecule has 6 aromatic carbocycles. The van der Waals surface area contributed by atoms with Gasteiger partial charge in [-0.2, -0.15) is 0 Å². The number of furan rings is 1. The van der Waals surface area contributed by atoms with Crippen LogP contribution >= 0.6 is 0 Å². The Morgan fingerprint density at radius 2 is 1.15 bits per heavy atom. The number of rotatable bonds is 3. The van der Waals surface area contributed by atoms with Crippen LogP contribution in [0, 0.1) is 23.7 Å². The lowest BCUT2D eigenvalue weighted by molar-refractivity contribution is -0.0399. The second-order valence-electron chi connectivity index (χ2n) is 14.6. The van der Waals surface area contributed by atoms with E-state index < -0.39 is 0 Å². The van der Waals surface area contributed by atoms with Gasteiger partial charge in [0.25, 0.3) is 0 Å². The van der Waals surface area contributed by atoms with Gasteiger partial charge in [-0.1, -0.05) is 84.9 Å². The first-order chi connectivity index (χ1) is 22.8. The minimum Gasteiger partial charge on any atom is -0.456 e.